The van der Waals surface area contributed by atoms with Crippen LogP contribution in [0, 0.1) is 5.92 Å². The zero-order valence-electron chi connectivity index (χ0n) is 12.1. The number of likely N-dealkylation sites (N-methyl/N-ethyl adjacent to an activating group) is 1. The van der Waals surface area contributed by atoms with E-state index >= 15 is 0 Å². The van der Waals surface area contributed by atoms with Crippen LogP contribution in [0.3, 0.4) is 0 Å². The summed E-state index contributed by atoms with van der Waals surface area (Å²) >= 11 is 0. The van der Waals surface area contributed by atoms with Gasteiger partial charge in [0, 0.05) is 26.2 Å². The lowest BCUT2D eigenvalue weighted by Crippen LogP contribution is -2.56. The van der Waals surface area contributed by atoms with Gasteiger partial charge in [-0.05, 0) is 6.54 Å². The Morgan fingerprint density at radius 2 is 2.10 bits per heavy atom. The summed E-state index contributed by atoms with van der Waals surface area (Å²) in [7, 11) is 1.32. The second-order valence-corrected chi connectivity index (χ2v) is 5.05. The van der Waals surface area contributed by atoms with Crippen LogP contribution in [0.1, 0.15) is 13.3 Å². The molecular formula is C13H22N4O3. The maximum atomic E-state index is 12.0. The Morgan fingerprint density at radius 1 is 1.40 bits per heavy atom. The van der Waals surface area contributed by atoms with E-state index in [4.69, 9.17) is 0 Å². The molecule has 1 fully saturated rings. The molecule has 0 radical (unpaired) electrons. The molecule has 0 aromatic rings. The maximum absolute atomic E-state index is 12.0. The molecule has 1 N–H and O–H groups in total. The Labute approximate surface area is 119 Å². The molecule has 0 spiro atoms. The van der Waals surface area contributed by atoms with Gasteiger partial charge in [0.15, 0.2) is 0 Å². The van der Waals surface area contributed by atoms with Crippen molar-refractivity contribution in [2.75, 3.05) is 46.4 Å². The Balaban J connectivity index is 1.89. The lowest BCUT2D eigenvalue weighted by atomic mass is 10.0. The van der Waals surface area contributed by atoms with E-state index in [1.807, 2.05) is 0 Å². The molecule has 2 aliphatic heterocycles. The van der Waals surface area contributed by atoms with E-state index in [1.54, 1.807) is 0 Å². The number of guanidine groups is 1. The molecule has 2 rings (SSSR count). The highest BCUT2D eigenvalue weighted by Crippen LogP contribution is 2.11. The molecule has 1 unspecified atom stereocenters. The Bertz CT molecular complexity index is 402. The number of piperazine rings is 1. The van der Waals surface area contributed by atoms with Crippen molar-refractivity contribution >= 4 is 17.8 Å². The molecule has 1 saturated heterocycles. The Hall–Kier alpha value is -1.63. The van der Waals surface area contributed by atoms with Gasteiger partial charge in [0.1, 0.15) is 0 Å². The number of carbonyl (C=O) groups excluding carboxylic acids is 2. The molecule has 0 bridgehead atoms. The van der Waals surface area contributed by atoms with Gasteiger partial charge in [-0.25, -0.2) is 0 Å². The van der Waals surface area contributed by atoms with Crippen LogP contribution in [0.25, 0.3) is 0 Å². The highest BCUT2D eigenvalue weighted by molar-refractivity contribution is 6.00. The molecule has 0 aliphatic carbocycles. The third kappa shape index (κ3) is 3.47. The van der Waals surface area contributed by atoms with Gasteiger partial charge in [0.05, 0.1) is 26.0 Å². The van der Waals surface area contributed by atoms with E-state index in [0.717, 1.165) is 32.7 Å². The molecule has 1 atom stereocenters. The smallest absolute Gasteiger partial charge is 0.306 e. The van der Waals surface area contributed by atoms with Crippen LogP contribution in [0.5, 0.6) is 0 Å². The monoisotopic (exact) mass is 282 g/mol. The zero-order chi connectivity index (χ0) is 14.5. The van der Waals surface area contributed by atoms with Gasteiger partial charge < -0.3 is 14.5 Å². The maximum Gasteiger partial charge on any atom is 0.306 e. The number of carbonyl (C=O) groups is 2. The van der Waals surface area contributed by atoms with Crippen LogP contribution in [-0.2, 0) is 14.3 Å². The summed E-state index contributed by atoms with van der Waals surface area (Å²) in [5.74, 6) is -0.284. The van der Waals surface area contributed by atoms with E-state index in [0.29, 0.717) is 12.5 Å². The topological polar surface area (TPSA) is 74.2 Å². The second kappa shape index (κ2) is 6.69. The van der Waals surface area contributed by atoms with E-state index in [2.05, 4.69) is 31.8 Å². The first-order valence-corrected chi connectivity index (χ1v) is 7.03. The number of nitrogens with zero attached hydrogens (tertiary/aromatic N) is 3. The first-order valence-electron chi connectivity index (χ1n) is 7.03. The fourth-order valence-corrected chi connectivity index (χ4v) is 2.43. The lowest BCUT2D eigenvalue weighted by Gasteiger charge is -2.37. The minimum atomic E-state index is -0.414. The SMILES string of the molecule is CCN1CCN(C2=NCC(CC(=O)OC)C(=O)N2)CC1. The standard InChI is InChI=1S/C13H22N4O3/c1-3-16-4-6-17(7-5-16)13-14-9-10(12(19)15-13)8-11(18)20-2/h10H,3-9H2,1-2H3,(H,14,15,19). The van der Waals surface area contributed by atoms with Crippen molar-refractivity contribution < 1.29 is 14.3 Å². The summed E-state index contributed by atoms with van der Waals surface area (Å²) in [4.78, 5) is 32.1. The highest BCUT2D eigenvalue weighted by Gasteiger charge is 2.29. The zero-order valence-corrected chi connectivity index (χ0v) is 12.1. The van der Waals surface area contributed by atoms with Gasteiger partial charge in [-0.3, -0.25) is 19.9 Å². The average molecular weight is 282 g/mol. The van der Waals surface area contributed by atoms with Crippen molar-refractivity contribution in [3.8, 4) is 0 Å². The van der Waals surface area contributed by atoms with Gasteiger partial charge >= 0.3 is 5.97 Å². The van der Waals surface area contributed by atoms with Gasteiger partial charge in [-0.1, -0.05) is 6.92 Å². The number of rotatable bonds is 3. The van der Waals surface area contributed by atoms with Crippen LogP contribution in [0.4, 0.5) is 0 Å². The number of amides is 1. The molecule has 20 heavy (non-hydrogen) atoms. The first kappa shape index (κ1) is 14.8. The van der Waals surface area contributed by atoms with Crippen LogP contribution >= 0.6 is 0 Å². The number of methoxy groups -OCH3 is 1. The fraction of sp³-hybridized carbons (Fsp3) is 0.769. The summed E-state index contributed by atoms with van der Waals surface area (Å²) in [6.45, 7) is 7.25. The molecular weight excluding hydrogens is 260 g/mol. The largest absolute Gasteiger partial charge is 0.469 e. The van der Waals surface area contributed by atoms with Crippen LogP contribution in [0.2, 0.25) is 0 Å². The number of nitrogens with one attached hydrogen (secondary N) is 1. The summed E-state index contributed by atoms with van der Waals surface area (Å²) < 4.78 is 4.59. The summed E-state index contributed by atoms with van der Waals surface area (Å²) in [6.07, 6.45) is 0.0860. The molecule has 7 nitrogen and oxygen atoms in total. The minimum Gasteiger partial charge on any atom is -0.469 e. The van der Waals surface area contributed by atoms with E-state index < -0.39 is 5.92 Å². The summed E-state index contributed by atoms with van der Waals surface area (Å²) in [5.41, 5.74) is 0. The molecule has 2 aliphatic rings. The minimum absolute atomic E-state index is 0.0860. The molecule has 0 aromatic heterocycles. The van der Waals surface area contributed by atoms with Crippen molar-refractivity contribution in [1.82, 2.24) is 15.1 Å². The molecule has 0 saturated carbocycles. The third-order valence-corrected chi connectivity index (χ3v) is 3.83. The van der Waals surface area contributed by atoms with Gasteiger partial charge in [0.25, 0.3) is 0 Å². The van der Waals surface area contributed by atoms with E-state index in [1.165, 1.54) is 7.11 Å². The van der Waals surface area contributed by atoms with Crippen LogP contribution in [0.15, 0.2) is 4.99 Å². The molecule has 1 amide bonds. The van der Waals surface area contributed by atoms with Crippen LogP contribution in [-0.4, -0.2) is 74.0 Å². The molecule has 7 heteroatoms. The van der Waals surface area contributed by atoms with Crippen molar-refractivity contribution in [2.24, 2.45) is 10.9 Å². The summed E-state index contributed by atoms with van der Waals surface area (Å²) in [5, 5.41) is 2.81. The van der Waals surface area contributed by atoms with Crippen LogP contribution < -0.4 is 5.32 Å². The predicted octanol–water partition coefficient (Wildman–Crippen LogP) is -0.711. The quantitative estimate of drug-likeness (QED) is 0.692. The Morgan fingerprint density at radius 3 is 2.65 bits per heavy atom. The number of aliphatic imine (C=N–C) groups is 1. The normalized spacial score (nSPS) is 24.1. The summed E-state index contributed by atoms with van der Waals surface area (Å²) in [6, 6.07) is 0. The van der Waals surface area contributed by atoms with Gasteiger partial charge in [-0.2, -0.15) is 0 Å². The number of hydrogen-bond donors (Lipinski definition) is 1. The Kier molecular flexibility index (Phi) is 4.94. The second-order valence-electron chi connectivity index (χ2n) is 5.05. The molecule has 0 aromatic carbocycles. The van der Waals surface area contributed by atoms with Gasteiger partial charge in [-0.15, -0.1) is 0 Å². The van der Waals surface area contributed by atoms with Crippen molar-refractivity contribution in [1.29, 1.82) is 0 Å². The number of esters is 1. The first-order chi connectivity index (χ1) is 9.63. The lowest BCUT2D eigenvalue weighted by molar-refractivity contribution is -0.144. The average Bonchev–Trinajstić information content (AvgIpc) is 2.49. The van der Waals surface area contributed by atoms with Gasteiger partial charge in [0.2, 0.25) is 11.9 Å². The van der Waals surface area contributed by atoms with Crippen molar-refractivity contribution in [3.05, 3.63) is 0 Å². The fourth-order valence-electron chi connectivity index (χ4n) is 2.43. The highest BCUT2D eigenvalue weighted by atomic mass is 16.5. The van der Waals surface area contributed by atoms with E-state index in [9.17, 15) is 9.59 Å². The molecule has 112 valence electrons. The third-order valence-electron chi connectivity index (χ3n) is 3.83. The molecule has 2 heterocycles. The predicted molar refractivity (Wildman–Crippen MR) is 74.3 cm³/mol. The number of hydrogen-bond acceptors (Lipinski definition) is 6. The van der Waals surface area contributed by atoms with Crippen molar-refractivity contribution in [3.63, 3.8) is 0 Å². The number of ether oxygens (including phenoxy) is 1. The van der Waals surface area contributed by atoms with Crippen molar-refractivity contribution in [2.45, 2.75) is 13.3 Å². The van der Waals surface area contributed by atoms with E-state index in [-0.39, 0.29) is 18.3 Å².